The van der Waals surface area contributed by atoms with Crippen molar-refractivity contribution in [3.8, 4) is 0 Å². The van der Waals surface area contributed by atoms with Gasteiger partial charge in [-0.1, -0.05) is 0 Å². The molecule has 6 heavy (non-hydrogen) atoms. The van der Waals surface area contributed by atoms with Gasteiger partial charge in [0.05, 0.1) is 0 Å². The molecular formula is C3H6N3+3. The number of aromatic nitrogens is 3. The molecule has 0 spiro atoms. The Bertz CT molecular complexity index is 78.0. The monoisotopic (exact) mass is 84.1 g/mol. The van der Waals surface area contributed by atoms with Crippen molar-refractivity contribution in [2.45, 2.75) is 0 Å². The summed E-state index contributed by atoms with van der Waals surface area (Å²) in [6, 6.07) is 0. The Balaban J connectivity index is 3.00. The summed E-state index contributed by atoms with van der Waals surface area (Å²) in [5.41, 5.74) is 0. The third-order valence-corrected chi connectivity index (χ3v) is 0.500. The molecule has 0 atom stereocenters. The second kappa shape index (κ2) is 1.45. The zero-order chi connectivity index (χ0) is 4.24. The van der Waals surface area contributed by atoms with Crippen LogP contribution in [0.1, 0.15) is 0 Å². The first-order valence-electron chi connectivity index (χ1n) is 1.73. The molecular weight excluding hydrogens is 78.1 g/mol. The molecule has 0 aliphatic heterocycles. The Morgan fingerprint density at radius 3 is 1.17 bits per heavy atom. The van der Waals surface area contributed by atoms with Crippen LogP contribution in [0, 0.1) is 0 Å². The predicted molar refractivity (Wildman–Crippen MR) is 16.1 cm³/mol. The van der Waals surface area contributed by atoms with Crippen LogP contribution >= 0.6 is 0 Å². The third-order valence-electron chi connectivity index (χ3n) is 0.500. The average molecular weight is 84.1 g/mol. The van der Waals surface area contributed by atoms with Crippen molar-refractivity contribution in [2.24, 2.45) is 0 Å². The van der Waals surface area contributed by atoms with Crippen LogP contribution in [0.25, 0.3) is 0 Å². The van der Waals surface area contributed by atoms with Gasteiger partial charge in [-0.15, -0.1) is 15.0 Å². The fourth-order valence-electron chi connectivity index (χ4n) is 0.269. The molecule has 1 heterocycles. The van der Waals surface area contributed by atoms with E-state index in [0.717, 1.165) is 0 Å². The van der Waals surface area contributed by atoms with Crippen LogP contribution in [0.5, 0.6) is 0 Å². The van der Waals surface area contributed by atoms with Crippen LogP contribution < -0.4 is 15.0 Å². The van der Waals surface area contributed by atoms with Gasteiger partial charge >= 0.3 is 19.0 Å². The van der Waals surface area contributed by atoms with Crippen LogP contribution in [0.15, 0.2) is 19.0 Å². The largest absolute Gasteiger partial charge is 0.413 e. The lowest BCUT2D eigenvalue weighted by molar-refractivity contribution is -0.663. The van der Waals surface area contributed by atoms with Crippen LogP contribution in [0.4, 0.5) is 0 Å². The van der Waals surface area contributed by atoms with E-state index in [1.807, 2.05) is 0 Å². The highest BCUT2D eigenvalue weighted by Gasteiger charge is 1.81. The minimum absolute atomic E-state index is 1.72. The number of rotatable bonds is 0. The maximum absolute atomic E-state index is 2.78. The summed E-state index contributed by atoms with van der Waals surface area (Å²) >= 11 is 0. The van der Waals surface area contributed by atoms with Crippen molar-refractivity contribution in [3.63, 3.8) is 0 Å². The molecule has 30 valence electrons. The highest BCUT2D eigenvalue weighted by Crippen LogP contribution is 1.28. The molecule has 1 aromatic heterocycles. The van der Waals surface area contributed by atoms with Gasteiger partial charge in [0.2, 0.25) is 0 Å². The molecule has 0 aliphatic rings. The van der Waals surface area contributed by atoms with Gasteiger partial charge in [0.25, 0.3) is 0 Å². The summed E-state index contributed by atoms with van der Waals surface area (Å²) in [5, 5.41) is 0. The number of aromatic amines is 3. The molecule has 1 rings (SSSR count). The normalized spacial score (nSPS) is 8.00. The van der Waals surface area contributed by atoms with E-state index in [2.05, 4.69) is 15.0 Å². The summed E-state index contributed by atoms with van der Waals surface area (Å²) in [6.07, 6.45) is 5.16. The summed E-state index contributed by atoms with van der Waals surface area (Å²) in [4.78, 5) is 8.34. The summed E-state index contributed by atoms with van der Waals surface area (Å²) in [7, 11) is 0. The Labute approximate surface area is 35.1 Å². The second-order valence-corrected chi connectivity index (χ2v) is 0.933. The number of hydrogen-bond acceptors (Lipinski definition) is 0. The highest BCUT2D eigenvalue weighted by molar-refractivity contribution is 4.02. The molecule has 0 aromatic carbocycles. The molecule has 3 heteroatoms. The first kappa shape index (κ1) is 3.21. The standard InChI is InChI=1S/C3H3N3/c1-4-2-6-3-5-1/h1-3H/p+3. The summed E-state index contributed by atoms with van der Waals surface area (Å²) in [6.45, 7) is 0. The Morgan fingerprint density at radius 1 is 0.667 bits per heavy atom. The smallest absolute Gasteiger partial charge is 0.105 e. The first-order chi connectivity index (χ1) is 3.00. The van der Waals surface area contributed by atoms with Crippen LogP contribution in [-0.2, 0) is 0 Å². The van der Waals surface area contributed by atoms with Gasteiger partial charge in [0.15, 0.2) is 0 Å². The lowest BCUT2D eigenvalue weighted by Crippen LogP contribution is -2.23. The van der Waals surface area contributed by atoms with E-state index in [1.165, 1.54) is 0 Å². The van der Waals surface area contributed by atoms with Crippen molar-refractivity contribution in [3.05, 3.63) is 19.0 Å². The molecule has 0 saturated carbocycles. The molecule has 3 N–H and O–H groups in total. The molecule has 0 aliphatic carbocycles. The molecule has 0 fully saturated rings. The Morgan fingerprint density at radius 2 is 1.00 bits per heavy atom. The van der Waals surface area contributed by atoms with Gasteiger partial charge in [-0.05, 0) is 0 Å². The molecule has 3 nitrogen and oxygen atoms in total. The van der Waals surface area contributed by atoms with Gasteiger partial charge in [0.1, 0.15) is 0 Å². The third kappa shape index (κ3) is 0.484. The Hall–Kier alpha value is -0.990. The first-order valence-corrected chi connectivity index (χ1v) is 1.73. The fourth-order valence-corrected chi connectivity index (χ4v) is 0.269. The van der Waals surface area contributed by atoms with Crippen molar-refractivity contribution >= 4 is 0 Å². The van der Waals surface area contributed by atoms with Crippen molar-refractivity contribution in [2.75, 3.05) is 0 Å². The van der Waals surface area contributed by atoms with Crippen LogP contribution in [-0.4, -0.2) is 0 Å². The zero-order valence-electron chi connectivity index (χ0n) is 3.23. The van der Waals surface area contributed by atoms with E-state index in [1.54, 1.807) is 19.0 Å². The van der Waals surface area contributed by atoms with Crippen LogP contribution in [0.2, 0.25) is 0 Å². The van der Waals surface area contributed by atoms with E-state index in [0.29, 0.717) is 0 Å². The molecule has 0 radical (unpaired) electrons. The van der Waals surface area contributed by atoms with Crippen molar-refractivity contribution < 1.29 is 15.0 Å². The number of H-pyrrole nitrogens is 3. The number of hydrogen-bond donors (Lipinski definition) is 0. The lowest BCUT2D eigenvalue weighted by Gasteiger charge is -1.50. The van der Waals surface area contributed by atoms with Gasteiger partial charge in [-0.3, -0.25) is 0 Å². The molecule has 0 amide bonds. The minimum Gasteiger partial charge on any atom is -0.105 e. The van der Waals surface area contributed by atoms with E-state index in [4.69, 9.17) is 0 Å². The maximum Gasteiger partial charge on any atom is 0.413 e. The topological polar surface area (TPSA) is 42.4 Å². The van der Waals surface area contributed by atoms with E-state index in [9.17, 15) is 0 Å². The van der Waals surface area contributed by atoms with E-state index < -0.39 is 0 Å². The molecule has 0 unspecified atom stereocenters. The lowest BCUT2D eigenvalue weighted by atomic mass is 11.1. The summed E-state index contributed by atoms with van der Waals surface area (Å²) < 4.78 is 0. The van der Waals surface area contributed by atoms with Gasteiger partial charge in [-0.25, -0.2) is 0 Å². The average Bonchev–Trinajstić information content (AvgIpc) is 1.72. The Kier molecular flexibility index (Phi) is 0.774. The SMILES string of the molecule is c1[nH+]c[nH+]c[nH+]1. The van der Waals surface area contributed by atoms with Crippen molar-refractivity contribution in [1.82, 2.24) is 0 Å². The van der Waals surface area contributed by atoms with Gasteiger partial charge in [0, 0.05) is 0 Å². The van der Waals surface area contributed by atoms with Gasteiger partial charge < -0.3 is 0 Å². The van der Waals surface area contributed by atoms with E-state index in [-0.39, 0.29) is 0 Å². The predicted octanol–water partition coefficient (Wildman–Crippen LogP) is -1.87. The molecule has 1 aromatic rings. The van der Waals surface area contributed by atoms with E-state index >= 15 is 0 Å². The highest BCUT2D eigenvalue weighted by atomic mass is 14.9. The quantitative estimate of drug-likeness (QED) is 0.353. The fraction of sp³-hybridized carbons (Fsp3) is 0. The van der Waals surface area contributed by atoms with Crippen molar-refractivity contribution in [1.29, 1.82) is 0 Å². The second-order valence-electron chi connectivity index (χ2n) is 0.933. The molecule has 0 saturated heterocycles. The zero-order valence-corrected chi connectivity index (χ0v) is 3.23. The van der Waals surface area contributed by atoms with Gasteiger partial charge in [-0.2, -0.15) is 0 Å². The number of nitrogens with one attached hydrogen (secondary N) is 3. The maximum atomic E-state index is 2.78. The summed E-state index contributed by atoms with van der Waals surface area (Å²) in [5.74, 6) is 0. The minimum atomic E-state index is 1.72. The van der Waals surface area contributed by atoms with Crippen LogP contribution in [0.3, 0.4) is 0 Å². The molecule has 0 bridgehead atoms.